The van der Waals surface area contributed by atoms with Gasteiger partial charge >= 0.3 is 0 Å². The van der Waals surface area contributed by atoms with E-state index in [1.165, 1.54) is 6.07 Å². The summed E-state index contributed by atoms with van der Waals surface area (Å²) in [6, 6.07) is 4.49. The van der Waals surface area contributed by atoms with Crippen molar-refractivity contribution in [1.29, 1.82) is 0 Å². The molecule has 6 nitrogen and oxygen atoms in total. The first-order chi connectivity index (χ1) is 12.1. The van der Waals surface area contributed by atoms with Crippen LogP contribution in [0.4, 0.5) is 10.1 Å². The molecule has 0 radical (unpaired) electrons. The first-order valence-corrected chi connectivity index (χ1v) is 8.78. The maximum absolute atomic E-state index is 14.2. The fraction of sp³-hybridized carbons (Fsp3) is 0.611. The SMILES string of the molecule is CCOCCOCC(O)CNC(=O)c1ccc(N2CCCC2)c(F)c1. The quantitative estimate of drug-likeness (QED) is 0.624. The van der Waals surface area contributed by atoms with E-state index < -0.39 is 17.8 Å². The Kier molecular flexibility index (Phi) is 8.11. The Morgan fingerprint density at radius 2 is 2.04 bits per heavy atom. The minimum absolute atomic E-state index is 0.0446. The fourth-order valence-electron chi connectivity index (χ4n) is 2.72. The van der Waals surface area contributed by atoms with Gasteiger partial charge in [-0.15, -0.1) is 0 Å². The first-order valence-electron chi connectivity index (χ1n) is 8.78. The van der Waals surface area contributed by atoms with Gasteiger partial charge < -0.3 is 24.8 Å². The van der Waals surface area contributed by atoms with Crippen LogP contribution in [0.15, 0.2) is 18.2 Å². The molecule has 2 rings (SSSR count). The van der Waals surface area contributed by atoms with E-state index in [0.29, 0.717) is 25.5 Å². The first kappa shape index (κ1) is 19.6. The van der Waals surface area contributed by atoms with Crippen molar-refractivity contribution in [2.75, 3.05) is 51.0 Å². The lowest BCUT2D eigenvalue weighted by molar-refractivity contribution is 0.00663. The molecule has 1 aliphatic heterocycles. The van der Waals surface area contributed by atoms with Gasteiger partial charge in [0.05, 0.1) is 31.6 Å². The lowest BCUT2D eigenvalue weighted by atomic mass is 10.1. The van der Waals surface area contributed by atoms with Crippen molar-refractivity contribution < 1.29 is 23.8 Å². The normalized spacial score (nSPS) is 15.4. The highest BCUT2D eigenvalue weighted by molar-refractivity contribution is 5.94. The summed E-state index contributed by atoms with van der Waals surface area (Å²) in [7, 11) is 0. The number of hydrogen-bond acceptors (Lipinski definition) is 5. The molecule has 1 aromatic carbocycles. The summed E-state index contributed by atoms with van der Waals surface area (Å²) in [4.78, 5) is 14.1. The van der Waals surface area contributed by atoms with E-state index in [1.54, 1.807) is 12.1 Å². The largest absolute Gasteiger partial charge is 0.389 e. The number of nitrogens with zero attached hydrogens (tertiary/aromatic N) is 1. The average molecular weight is 354 g/mol. The van der Waals surface area contributed by atoms with Crippen molar-refractivity contribution in [1.82, 2.24) is 5.32 Å². The number of ether oxygens (including phenoxy) is 2. The Balaban J connectivity index is 1.75. The molecule has 0 spiro atoms. The maximum Gasteiger partial charge on any atom is 0.251 e. The lowest BCUT2D eigenvalue weighted by Gasteiger charge is -2.18. The standard InChI is InChI=1S/C18H27FN2O4/c1-2-24-9-10-25-13-15(22)12-20-18(23)14-5-6-17(16(19)11-14)21-7-3-4-8-21/h5-6,11,15,22H,2-4,7-10,12-13H2,1H3,(H,20,23). The summed E-state index contributed by atoms with van der Waals surface area (Å²) >= 11 is 0. The van der Waals surface area contributed by atoms with Crippen LogP contribution in [0.1, 0.15) is 30.1 Å². The Labute approximate surface area is 147 Å². The monoisotopic (exact) mass is 354 g/mol. The molecule has 0 saturated carbocycles. The van der Waals surface area contributed by atoms with Crippen LogP contribution >= 0.6 is 0 Å². The zero-order valence-electron chi connectivity index (χ0n) is 14.7. The molecule has 1 saturated heterocycles. The highest BCUT2D eigenvalue weighted by atomic mass is 19.1. The van der Waals surface area contributed by atoms with Gasteiger partial charge in [-0.05, 0) is 38.0 Å². The Morgan fingerprint density at radius 1 is 1.32 bits per heavy atom. The number of nitrogens with one attached hydrogen (secondary N) is 1. The van der Waals surface area contributed by atoms with Crippen LogP contribution in [-0.2, 0) is 9.47 Å². The molecule has 0 bridgehead atoms. The van der Waals surface area contributed by atoms with Crippen LogP contribution in [0, 0.1) is 5.82 Å². The van der Waals surface area contributed by atoms with Gasteiger partial charge in [-0.2, -0.15) is 0 Å². The zero-order chi connectivity index (χ0) is 18.1. The van der Waals surface area contributed by atoms with Gasteiger partial charge in [-0.25, -0.2) is 4.39 Å². The second kappa shape index (κ2) is 10.3. The Morgan fingerprint density at radius 3 is 2.72 bits per heavy atom. The van der Waals surface area contributed by atoms with Crippen LogP contribution in [0.2, 0.25) is 0 Å². The molecular weight excluding hydrogens is 327 g/mol. The van der Waals surface area contributed by atoms with E-state index in [-0.39, 0.29) is 18.7 Å². The summed E-state index contributed by atoms with van der Waals surface area (Å²) < 4.78 is 24.6. The number of aliphatic hydroxyl groups excluding tert-OH is 1. The van der Waals surface area contributed by atoms with Gasteiger partial charge in [-0.1, -0.05) is 0 Å². The molecule has 2 N–H and O–H groups in total. The maximum atomic E-state index is 14.2. The third-order valence-corrected chi connectivity index (χ3v) is 4.04. The second-order valence-corrected chi connectivity index (χ2v) is 6.00. The number of amides is 1. The molecular formula is C18H27FN2O4. The average Bonchev–Trinajstić information content (AvgIpc) is 3.13. The molecule has 1 aliphatic rings. The van der Waals surface area contributed by atoms with Crippen molar-refractivity contribution in [3.8, 4) is 0 Å². The predicted molar refractivity (Wildman–Crippen MR) is 93.5 cm³/mol. The number of hydrogen-bond donors (Lipinski definition) is 2. The van der Waals surface area contributed by atoms with Crippen molar-refractivity contribution in [3.63, 3.8) is 0 Å². The third kappa shape index (κ3) is 6.26. The van der Waals surface area contributed by atoms with Crippen LogP contribution < -0.4 is 10.2 Å². The molecule has 1 aromatic rings. The van der Waals surface area contributed by atoms with Crippen molar-refractivity contribution in [2.45, 2.75) is 25.9 Å². The topological polar surface area (TPSA) is 71.0 Å². The Bertz CT molecular complexity index is 550. The highest BCUT2D eigenvalue weighted by Crippen LogP contribution is 2.24. The number of benzene rings is 1. The molecule has 1 fully saturated rings. The lowest BCUT2D eigenvalue weighted by Crippen LogP contribution is -2.35. The number of carbonyl (C=O) groups is 1. The molecule has 140 valence electrons. The fourth-order valence-corrected chi connectivity index (χ4v) is 2.72. The van der Waals surface area contributed by atoms with Crippen LogP contribution in [0.5, 0.6) is 0 Å². The minimum Gasteiger partial charge on any atom is -0.389 e. The van der Waals surface area contributed by atoms with E-state index in [0.717, 1.165) is 25.9 Å². The van der Waals surface area contributed by atoms with E-state index in [9.17, 15) is 14.3 Å². The summed E-state index contributed by atoms with van der Waals surface area (Å²) in [6.07, 6.45) is 1.30. The zero-order valence-corrected chi connectivity index (χ0v) is 14.7. The van der Waals surface area contributed by atoms with Gasteiger partial charge in [0.2, 0.25) is 0 Å². The molecule has 0 aromatic heterocycles. The summed E-state index contributed by atoms with van der Waals surface area (Å²) in [5.41, 5.74) is 0.779. The Hall–Kier alpha value is -1.70. The van der Waals surface area contributed by atoms with Crippen LogP contribution in [-0.4, -0.2) is 63.2 Å². The van der Waals surface area contributed by atoms with Gasteiger partial charge in [0.15, 0.2) is 0 Å². The minimum atomic E-state index is -0.820. The van der Waals surface area contributed by atoms with Crippen molar-refractivity contribution >= 4 is 11.6 Å². The predicted octanol–water partition coefficient (Wildman–Crippen LogP) is 1.57. The number of halogens is 1. The number of aliphatic hydroxyl groups is 1. The summed E-state index contributed by atoms with van der Waals surface area (Å²) in [6.45, 7) is 5.22. The molecule has 7 heteroatoms. The molecule has 1 unspecified atom stereocenters. The number of carbonyl (C=O) groups excluding carboxylic acids is 1. The number of rotatable bonds is 10. The molecule has 25 heavy (non-hydrogen) atoms. The second-order valence-electron chi connectivity index (χ2n) is 6.00. The van der Waals surface area contributed by atoms with Crippen LogP contribution in [0.25, 0.3) is 0 Å². The van der Waals surface area contributed by atoms with Gasteiger partial charge in [-0.3, -0.25) is 4.79 Å². The summed E-state index contributed by atoms with van der Waals surface area (Å²) in [5, 5.41) is 12.4. The number of anilines is 1. The molecule has 1 atom stereocenters. The van der Waals surface area contributed by atoms with E-state index in [1.807, 2.05) is 11.8 Å². The highest BCUT2D eigenvalue weighted by Gasteiger charge is 2.18. The smallest absolute Gasteiger partial charge is 0.251 e. The van der Waals surface area contributed by atoms with E-state index in [2.05, 4.69) is 5.32 Å². The summed E-state index contributed by atoms with van der Waals surface area (Å²) in [5.74, 6) is -0.811. The molecule has 1 amide bonds. The van der Waals surface area contributed by atoms with Gasteiger partial charge in [0.25, 0.3) is 5.91 Å². The van der Waals surface area contributed by atoms with Gasteiger partial charge in [0, 0.05) is 31.8 Å². The van der Waals surface area contributed by atoms with Gasteiger partial charge in [0.1, 0.15) is 5.82 Å². The van der Waals surface area contributed by atoms with E-state index in [4.69, 9.17) is 9.47 Å². The van der Waals surface area contributed by atoms with Crippen molar-refractivity contribution in [2.24, 2.45) is 0 Å². The molecule has 0 aliphatic carbocycles. The van der Waals surface area contributed by atoms with Crippen LogP contribution in [0.3, 0.4) is 0 Å². The van der Waals surface area contributed by atoms with E-state index >= 15 is 0 Å². The third-order valence-electron chi connectivity index (χ3n) is 4.04. The molecule has 1 heterocycles. The van der Waals surface area contributed by atoms with Crippen molar-refractivity contribution in [3.05, 3.63) is 29.6 Å².